The van der Waals surface area contributed by atoms with E-state index in [4.69, 9.17) is 16.1 Å². The Hall–Kier alpha value is -3.26. The minimum atomic E-state index is -0.178. The van der Waals surface area contributed by atoms with Crippen LogP contribution >= 0.6 is 11.6 Å². The van der Waals surface area contributed by atoms with Crippen LogP contribution in [0.2, 0.25) is 5.02 Å². The van der Waals surface area contributed by atoms with E-state index in [-0.39, 0.29) is 12.3 Å². The zero-order valence-corrected chi connectivity index (χ0v) is 15.1. The van der Waals surface area contributed by atoms with E-state index in [2.05, 4.69) is 25.7 Å². The third-order valence-corrected chi connectivity index (χ3v) is 4.37. The smallest absolute Gasteiger partial charge is 0.259 e. The second-order valence-corrected chi connectivity index (χ2v) is 6.36. The summed E-state index contributed by atoms with van der Waals surface area (Å²) in [6.07, 6.45) is 1.86. The van der Waals surface area contributed by atoms with Gasteiger partial charge in [-0.25, -0.2) is 0 Å². The molecule has 0 aliphatic rings. The van der Waals surface area contributed by atoms with Gasteiger partial charge >= 0.3 is 0 Å². The first-order chi connectivity index (χ1) is 13.1. The maximum atomic E-state index is 12.3. The van der Waals surface area contributed by atoms with Gasteiger partial charge in [0.05, 0.1) is 12.0 Å². The fourth-order valence-corrected chi connectivity index (χ4v) is 2.84. The summed E-state index contributed by atoms with van der Waals surface area (Å²) in [5.41, 5.74) is 2.21. The second-order valence-electron chi connectivity index (χ2n) is 5.95. The summed E-state index contributed by atoms with van der Waals surface area (Å²) in [6, 6.07) is 11.0. The van der Waals surface area contributed by atoms with Crippen LogP contribution in [0, 0.1) is 6.92 Å². The van der Waals surface area contributed by atoms with Gasteiger partial charge in [-0.15, -0.1) is 10.2 Å². The number of benzene rings is 1. The topological polar surface area (TPSA) is 98.2 Å². The van der Waals surface area contributed by atoms with Gasteiger partial charge in [0.25, 0.3) is 5.89 Å². The number of nitrogens with zero attached hydrogens (tertiary/aromatic N) is 5. The van der Waals surface area contributed by atoms with E-state index in [0.717, 1.165) is 11.1 Å². The lowest BCUT2D eigenvalue weighted by Gasteiger charge is -2.06. The quantitative estimate of drug-likeness (QED) is 0.569. The van der Waals surface area contributed by atoms with Crippen molar-refractivity contribution in [1.29, 1.82) is 0 Å². The van der Waals surface area contributed by atoms with Gasteiger partial charge in [0.1, 0.15) is 5.82 Å². The van der Waals surface area contributed by atoms with E-state index in [9.17, 15) is 4.79 Å². The third kappa shape index (κ3) is 3.65. The van der Waals surface area contributed by atoms with Crippen molar-refractivity contribution >= 4 is 23.2 Å². The zero-order valence-electron chi connectivity index (χ0n) is 14.4. The van der Waals surface area contributed by atoms with Crippen molar-refractivity contribution < 1.29 is 9.32 Å². The molecule has 136 valence electrons. The van der Waals surface area contributed by atoms with Crippen molar-refractivity contribution in [2.24, 2.45) is 0 Å². The van der Waals surface area contributed by atoms with E-state index in [1.54, 1.807) is 29.7 Å². The van der Waals surface area contributed by atoms with Crippen molar-refractivity contribution in [1.82, 2.24) is 30.1 Å². The number of amides is 1. The average Bonchev–Trinajstić information content (AvgIpc) is 3.27. The Bertz CT molecular complexity index is 1120. The van der Waals surface area contributed by atoms with Crippen LogP contribution in [0.25, 0.3) is 17.1 Å². The molecule has 1 aromatic carbocycles. The van der Waals surface area contributed by atoms with E-state index in [1.807, 2.05) is 24.3 Å². The Morgan fingerprint density at radius 2 is 2.07 bits per heavy atom. The first-order valence-corrected chi connectivity index (χ1v) is 8.62. The Morgan fingerprint density at radius 1 is 1.22 bits per heavy atom. The fraction of sp³-hybridized carbons (Fsp3) is 0.167. The molecule has 0 atom stereocenters. The molecule has 4 rings (SSSR count). The van der Waals surface area contributed by atoms with Gasteiger partial charge in [-0.3, -0.25) is 9.20 Å². The normalized spacial score (nSPS) is 11.0. The van der Waals surface area contributed by atoms with Crippen molar-refractivity contribution in [3.63, 3.8) is 0 Å². The van der Waals surface area contributed by atoms with Crippen molar-refractivity contribution in [2.45, 2.75) is 19.9 Å². The lowest BCUT2D eigenvalue weighted by molar-refractivity contribution is -0.120. The number of nitrogens with one attached hydrogen (secondary N) is 1. The molecule has 0 saturated carbocycles. The number of aromatic nitrogens is 5. The molecule has 0 spiro atoms. The highest BCUT2D eigenvalue weighted by atomic mass is 35.5. The van der Waals surface area contributed by atoms with Crippen LogP contribution in [0.15, 0.2) is 47.1 Å². The van der Waals surface area contributed by atoms with Crippen LogP contribution in [0.4, 0.5) is 0 Å². The standard InChI is InChI=1S/C18H15ClN6O2/c1-11-21-18(27-24-11)13-6-7-15-22-23-16(25(15)10-13)8-17(26)20-9-12-4-2-3-5-14(12)19/h2-7,10H,8-9H2,1H3,(H,20,26). The maximum absolute atomic E-state index is 12.3. The van der Waals surface area contributed by atoms with Crippen molar-refractivity contribution in [3.05, 3.63) is 64.8 Å². The molecule has 0 fully saturated rings. The summed E-state index contributed by atoms with van der Waals surface area (Å²) < 4.78 is 6.93. The molecule has 3 heterocycles. The molecule has 0 unspecified atom stereocenters. The molecule has 0 saturated heterocycles. The van der Waals surface area contributed by atoms with E-state index >= 15 is 0 Å². The second kappa shape index (κ2) is 7.16. The molecular formula is C18H15ClN6O2. The van der Waals surface area contributed by atoms with E-state index in [0.29, 0.717) is 34.8 Å². The minimum absolute atomic E-state index is 0.0813. The molecule has 0 aliphatic carbocycles. The number of hydrogen-bond acceptors (Lipinski definition) is 6. The summed E-state index contributed by atoms with van der Waals surface area (Å²) in [5.74, 6) is 1.29. The van der Waals surface area contributed by atoms with E-state index < -0.39 is 0 Å². The first-order valence-electron chi connectivity index (χ1n) is 8.24. The summed E-state index contributed by atoms with van der Waals surface area (Å²) in [7, 11) is 0. The summed E-state index contributed by atoms with van der Waals surface area (Å²) in [6.45, 7) is 2.10. The highest BCUT2D eigenvalue weighted by Gasteiger charge is 2.14. The lowest BCUT2D eigenvalue weighted by atomic mass is 10.2. The molecule has 0 aliphatic heterocycles. The number of rotatable bonds is 5. The van der Waals surface area contributed by atoms with Crippen LogP contribution in [-0.4, -0.2) is 30.6 Å². The molecule has 8 nitrogen and oxygen atoms in total. The molecule has 27 heavy (non-hydrogen) atoms. The van der Waals surface area contributed by atoms with Gasteiger partial charge in [-0.2, -0.15) is 4.98 Å². The Morgan fingerprint density at radius 3 is 2.85 bits per heavy atom. The molecule has 3 aromatic heterocycles. The van der Waals surface area contributed by atoms with Crippen LogP contribution in [0.5, 0.6) is 0 Å². The lowest BCUT2D eigenvalue weighted by Crippen LogP contribution is -2.25. The highest BCUT2D eigenvalue weighted by Crippen LogP contribution is 2.18. The van der Waals surface area contributed by atoms with E-state index in [1.165, 1.54) is 0 Å². The third-order valence-electron chi connectivity index (χ3n) is 4.00. The molecule has 1 amide bonds. The number of carbonyl (C=O) groups excluding carboxylic acids is 1. The van der Waals surface area contributed by atoms with Crippen LogP contribution in [-0.2, 0) is 17.8 Å². The number of fused-ring (bicyclic) bond motifs is 1. The molecular weight excluding hydrogens is 368 g/mol. The molecule has 4 aromatic rings. The molecule has 9 heteroatoms. The molecule has 0 bridgehead atoms. The van der Waals surface area contributed by atoms with Crippen molar-refractivity contribution in [2.75, 3.05) is 0 Å². The Kier molecular flexibility index (Phi) is 4.55. The van der Waals surface area contributed by atoms with Gasteiger partial charge < -0.3 is 9.84 Å². The predicted molar refractivity (Wildman–Crippen MR) is 98.0 cm³/mol. The average molecular weight is 383 g/mol. The SMILES string of the molecule is Cc1noc(-c2ccc3nnc(CC(=O)NCc4ccccc4Cl)n3c2)n1. The van der Waals surface area contributed by atoms with Gasteiger partial charge in [-0.05, 0) is 30.7 Å². The molecule has 1 N–H and O–H groups in total. The van der Waals surface area contributed by atoms with Crippen LogP contribution in [0.1, 0.15) is 17.2 Å². The monoisotopic (exact) mass is 382 g/mol. The number of aryl methyl sites for hydroxylation is 1. The Balaban J connectivity index is 1.51. The molecule has 0 radical (unpaired) electrons. The highest BCUT2D eigenvalue weighted by molar-refractivity contribution is 6.31. The number of carbonyl (C=O) groups is 1. The first kappa shape index (κ1) is 17.2. The summed E-state index contributed by atoms with van der Waals surface area (Å²) in [4.78, 5) is 16.5. The number of pyridine rings is 1. The number of hydrogen-bond donors (Lipinski definition) is 1. The summed E-state index contributed by atoms with van der Waals surface area (Å²) >= 11 is 6.11. The van der Waals surface area contributed by atoms with Gasteiger partial charge in [0.15, 0.2) is 11.5 Å². The van der Waals surface area contributed by atoms with Crippen molar-refractivity contribution in [3.8, 4) is 11.5 Å². The minimum Gasteiger partial charge on any atom is -0.352 e. The van der Waals surface area contributed by atoms with Gasteiger partial charge in [-0.1, -0.05) is 35.0 Å². The largest absolute Gasteiger partial charge is 0.352 e. The number of halogens is 1. The fourth-order valence-electron chi connectivity index (χ4n) is 2.64. The van der Waals surface area contributed by atoms with Gasteiger partial charge in [0, 0.05) is 17.8 Å². The summed E-state index contributed by atoms with van der Waals surface area (Å²) in [5, 5.41) is 15.4. The zero-order chi connectivity index (χ0) is 18.8. The Labute approximate surface area is 159 Å². The predicted octanol–water partition coefficient (Wildman–Crippen LogP) is 2.60. The van der Waals surface area contributed by atoms with Gasteiger partial charge in [0.2, 0.25) is 5.91 Å². The van der Waals surface area contributed by atoms with Crippen LogP contribution < -0.4 is 5.32 Å². The van der Waals surface area contributed by atoms with Crippen LogP contribution in [0.3, 0.4) is 0 Å². The maximum Gasteiger partial charge on any atom is 0.259 e.